The molecular weight excluding hydrogens is 570 g/mol. The monoisotopic (exact) mass is 615 g/mol. The predicted molar refractivity (Wildman–Crippen MR) is 174 cm³/mol. The lowest BCUT2D eigenvalue weighted by atomic mass is 9.86. The van der Waals surface area contributed by atoms with Gasteiger partial charge in [-0.2, -0.15) is 0 Å². The van der Waals surface area contributed by atoms with Gasteiger partial charge in [0.2, 0.25) is 0 Å². The van der Waals surface area contributed by atoms with Crippen LogP contribution >= 0.6 is 0 Å². The third-order valence-corrected chi connectivity index (χ3v) is 7.46. The molecule has 0 heterocycles. The number of amides is 1. The van der Waals surface area contributed by atoms with Crippen LogP contribution in [-0.2, 0) is 26.1 Å². The van der Waals surface area contributed by atoms with Crippen molar-refractivity contribution in [1.29, 1.82) is 0 Å². The van der Waals surface area contributed by atoms with Crippen molar-refractivity contribution in [3.05, 3.63) is 101 Å². The summed E-state index contributed by atoms with van der Waals surface area (Å²) >= 11 is 0. The van der Waals surface area contributed by atoms with Gasteiger partial charge in [-0.1, -0.05) is 77.6 Å². The van der Waals surface area contributed by atoms with E-state index in [1.807, 2.05) is 12.1 Å². The first kappa shape index (κ1) is 35.0. The normalized spacial score (nSPS) is 11.8. The molecule has 0 aliphatic carbocycles. The first-order chi connectivity index (χ1) is 21.5. The highest BCUT2D eigenvalue weighted by atomic mass is 16.5. The summed E-state index contributed by atoms with van der Waals surface area (Å²) in [5.74, 6) is -1.25. The van der Waals surface area contributed by atoms with Gasteiger partial charge in [0.1, 0.15) is 11.8 Å². The molecule has 0 spiro atoms. The number of methoxy groups -OCH3 is 1. The molecule has 0 fully saturated rings. The van der Waals surface area contributed by atoms with Crippen LogP contribution in [0, 0.1) is 0 Å². The molecule has 1 amide bonds. The van der Waals surface area contributed by atoms with Gasteiger partial charge in [-0.15, -0.1) is 0 Å². The minimum atomic E-state index is -0.928. The molecule has 1 atom stereocenters. The lowest BCUT2D eigenvalue weighted by molar-refractivity contribution is -0.142. The molecule has 3 rings (SSSR count). The minimum absolute atomic E-state index is 0.0492. The molecule has 0 bridgehead atoms. The summed E-state index contributed by atoms with van der Waals surface area (Å²) in [4.78, 5) is 50.5. The van der Waals surface area contributed by atoms with Gasteiger partial charge in [0, 0.05) is 17.5 Å². The van der Waals surface area contributed by atoms with E-state index in [9.17, 15) is 19.2 Å². The summed E-state index contributed by atoms with van der Waals surface area (Å²) in [5.41, 5.74) is 2.86. The van der Waals surface area contributed by atoms with E-state index in [0.29, 0.717) is 29.0 Å². The number of benzene rings is 3. The number of esters is 2. The number of carbonyl (C=O) groups is 4. The highest BCUT2D eigenvalue weighted by Crippen LogP contribution is 2.22. The van der Waals surface area contributed by atoms with Crippen LogP contribution in [0.1, 0.15) is 102 Å². The Morgan fingerprint density at radius 3 is 1.96 bits per heavy atom. The van der Waals surface area contributed by atoms with Crippen LogP contribution in [0.5, 0.6) is 5.75 Å². The molecule has 240 valence electrons. The van der Waals surface area contributed by atoms with Crippen molar-refractivity contribution in [1.82, 2.24) is 5.32 Å². The van der Waals surface area contributed by atoms with Crippen LogP contribution in [0.3, 0.4) is 0 Å². The maximum Gasteiger partial charge on any atom is 0.338 e. The van der Waals surface area contributed by atoms with Crippen molar-refractivity contribution in [3.63, 3.8) is 0 Å². The number of ether oxygens (including phenoxy) is 3. The van der Waals surface area contributed by atoms with Gasteiger partial charge in [0.05, 0.1) is 19.3 Å². The summed E-state index contributed by atoms with van der Waals surface area (Å²) in [7, 11) is 1.26. The molecule has 0 aliphatic rings. The lowest BCUT2D eigenvalue weighted by Crippen LogP contribution is -2.43. The summed E-state index contributed by atoms with van der Waals surface area (Å²) in [6.07, 6.45) is 5.93. The Bertz CT molecular complexity index is 1410. The average Bonchev–Trinajstić information content (AvgIpc) is 3.04. The van der Waals surface area contributed by atoms with Crippen LogP contribution in [0.4, 0.5) is 0 Å². The van der Waals surface area contributed by atoms with E-state index in [0.717, 1.165) is 18.4 Å². The second-order valence-corrected chi connectivity index (χ2v) is 12.1. The summed E-state index contributed by atoms with van der Waals surface area (Å²) in [6.45, 7) is 8.69. The molecule has 8 heteroatoms. The van der Waals surface area contributed by atoms with Crippen LogP contribution in [0.15, 0.2) is 72.8 Å². The van der Waals surface area contributed by atoms with Gasteiger partial charge in [-0.3, -0.25) is 9.59 Å². The van der Waals surface area contributed by atoms with Crippen LogP contribution in [0.2, 0.25) is 0 Å². The summed E-state index contributed by atoms with van der Waals surface area (Å²) < 4.78 is 15.9. The Balaban J connectivity index is 1.50. The van der Waals surface area contributed by atoms with Crippen molar-refractivity contribution in [3.8, 4) is 5.75 Å². The molecule has 1 N–H and O–H groups in total. The number of unbranched alkanes of at least 4 members (excludes halogenated alkanes) is 4. The Kier molecular flexibility index (Phi) is 13.3. The molecule has 8 nitrogen and oxygen atoms in total. The quantitative estimate of drug-likeness (QED) is 0.106. The molecule has 0 aliphatic heterocycles. The third-order valence-electron chi connectivity index (χ3n) is 7.46. The van der Waals surface area contributed by atoms with E-state index < -0.39 is 30.5 Å². The Morgan fingerprint density at radius 2 is 1.36 bits per heavy atom. The second-order valence-electron chi connectivity index (χ2n) is 12.1. The lowest BCUT2D eigenvalue weighted by Gasteiger charge is -2.20. The van der Waals surface area contributed by atoms with Gasteiger partial charge in [0.15, 0.2) is 12.4 Å². The molecule has 0 aromatic heterocycles. The topological polar surface area (TPSA) is 108 Å². The smallest absolute Gasteiger partial charge is 0.338 e. The zero-order chi connectivity index (χ0) is 32.8. The van der Waals surface area contributed by atoms with Gasteiger partial charge in [0.25, 0.3) is 5.91 Å². The fraction of sp³-hybridized carbons (Fsp3) is 0.405. The van der Waals surface area contributed by atoms with E-state index in [2.05, 4.69) is 33.0 Å². The standard InChI is InChI=1S/C37H45NO7/c1-6-7-8-9-10-23-44-31-21-17-27(18-22-31)33(39)25-45-35(41)29-13-11-26(12-14-29)24-32(36(42)43-5)38-34(40)28-15-19-30(20-16-28)37(2,3)4/h11-22,32H,6-10,23-25H2,1-5H3,(H,38,40). The Morgan fingerprint density at radius 1 is 0.756 bits per heavy atom. The van der Waals surface area contributed by atoms with Gasteiger partial charge < -0.3 is 19.5 Å². The first-order valence-electron chi connectivity index (χ1n) is 15.5. The predicted octanol–water partition coefficient (Wildman–Crippen LogP) is 6.89. The highest BCUT2D eigenvalue weighted by Gasteiger charge is 2.23. The molecular formula is C37H45NO7. The Hall–Kier alpha value is -4.46. The number of nitrogens with one attached hydrogen (secondary N) is 1. The SMILES string of the molecule is CCCCCCCOc1ccc(C(=O)COC(=O)c2ccc(CC(NC(=O)c3ccc(C(C)(C)C)cc3)C(=O)OC)cc2)cc1. The van der Waals surface area contributed by atoms with Crippen molar-refractivity contribution in [2.45, 2.75) is 77.7 Å². The van der Waals surface area contributed by atoms with E-state index in [1.54, 1.807) is 60.7 Å². The largest absolute Gasteiger partial charge is 0.494 e. The zero-order valence-electron chi connectivity index (χ0n) is 27.0. The fourth-order valence-electron chi connectivity index (χ4n) is 4.64. The first-order valence-corrected chi connectivity index (χ1v) is 15.5. The number of hydrogen-bond acceptors (Lipinski definition) is 7. The van der Waals surface area contributed by atoms with E-state index >= 15 is 0 Å². The van der Waals surface area contributed by atoms with Crippen molar-refractivity contribution in [2.75, 3.05) is 20.3 Å². The number of rotatable bonds is 16. The van der Waals surface area contributed by atoms with E-state index in [-0.39, 0.29) is 23.2 Å². The maximum absolute atomic E-state index is 12.9. The fourth-order valence-corrected chi connectivity index (χ4v) is 4.64. The summed E-state index contributed by atoms with van der Waals surface area (Å²) in [6, 6.07) is 19.6. The number of Topliss-reactive ketones (excluding diaryl/α,β-unsaturated/α-hetero) is 1. The minimum Gasteiger partial charge on any atom is -0.494 e. The van der Waals surface area contributed by atoms with E-state index in [1.165, 1.54) is 26.4 Å². The van der Waals surface area contributed by atoms with Gasteiger partial charge in [-0.25, -0.2) is 9.59 Å². The van der Waals surface area contributed by atoms with E-state index in [4.69, 9.17) is 14.2 Å². The number of carbonyl (C=O) groups excluding carboxylic acids is 4. The maximum atomic E-state index is 12.9. The third kappa shape index (κ3) is 11.2. The van der Waals surface area contributed by atoms with Crippen LogP contribution < -0.4 is 10.1 Å². The van der Waals surface area contributed by atoms with Crippen molar-refractivity contribution < 1.29 is 33.4 Å². The zero-order valence-corrected chi connectivity index (χ0v) is 27.0. The molecule has 3 aromatic rings. The van der Waals surface area contributed by atoms with Crippen LogP contribution in [-0.4, -0.2) is 50.0 Å². The highest BCUT2D eigenvalue weighted by molar-refractivity contribution is 5.99. The van der Waals surface area contributed by atoms with Gasteiger partial charge in [-0.05, 0) is 71.5 Å². The molecule has 1 unspecified atom stereocenters. The average molecular weight is 616 g/mol. The second kappa shape index (κ2) is 17.1. The Labute approximate surface area is 266 Å². The van der Waals surface area contributed by atoms with Gasteiger partial charge >= 0.3 is 11.9 Å². The molecule has 0 saturated heterocycles. The van der Waals surface area contributed by atoms with Crippen LogP contribution in [0.25, 0.3) is 0 Å². The summed E-state index contributed by atoms with van der Waals surface area (Å²) in [5, 5.41) is 2.75. The van der Waals surface area contributed by atoms with Crippen molar-refractivity contribution in [2.24, 2.45) is 0 Å². The number of hydrogen-bond donors (Lipinski definition) is 1. The number of ketones is 1. The molecule has 45 heavy (non-hydrogen) atoms. The van der Waals surface area contributed by atoms with Crippen molar-refractivity contribution >= 4 is 23.6 Å². The molecule has 0 radical (unpaired) electrons. The molecule has 3 aromatic carbocycles. The molecule has 0 saturated carbocycles.